The fourth-order valence-electron chi connectivity index (χ4n) is 1.38. The van der Waals surface area contributed by atoms with Crippen molar-refractivity contribution in [3.05, 3.63) is 44.1 Å². The highest BCUT2D eigenvalue weighted by Gasteiger charge is 2.11. The summed E-state index contributed by atoms with van der Waals surface area (Å²) in [5.41, 5.74) is 2.60. The predicted octanol–water partition coefficient (Wildman–Crippen LogP) is 4.83. The molecule has 0 atom stereocenters. The first kappa shape index (κ1) is 12.8. The fraction of sp³-hybridized carbons (Fsp3) is 0.167. The Bertz CT molecular complexity index is 562. The Kier molecular flexibility index (Phi) is 3.71. The van der Waals surface area contributed by atoms with Crippen LogP contribution in [0.5, 0.6) is 0 Å². The lowest BCUT2D eigenvalue weighted by atomic mass is 10.2. The van der Waals surface area contributed by atoms with Crippen molar-refractivity contribution in [1.82, 2.24) is 9.97 Å². The van der Waals surface area contributed by atoms with Gasteiger partial charge in [-0.05, 0) is 32.0 Å². The first-order chi connectivity index (χ1) is 7.99. The molecule has 1 aromatic heterocycles. The molecule has 0 N–H and O–H groups in total. The third kappa shape index (κ3) is 2.62. The molecule has 0 saturated carbocycles. The van der Waals surface area contributed by atoms with Crippen molar-refractivity contribution in [2.24, 2.45) is 0 Å². The summed E-state index contributed by atoms with van der Waals surface area (Å²) in [5, 5.41) is 1.11. The van der Waals surface area contributed by atoms with Crippen LogP contribution in [0.1, 0.15) is 11.3 Å². The van der Waals surface area contributed by atoms with Gasteiger partial charge in [0.2, 0.25) is 0 Å². The van der Waals surface area contributed by atoms with E-state index in [1.54, 1.807) is 6.07 Å². The van der Waals surface area contributed by atoms with Gasteiger partial charge >= 0.3 is 0 Å². The average Bonchev–Trinajstić information content (AvgIpc) is 2.28. The molecule has 0 unspecified atom stereocenters. The number of nitrogens with zero attached hydrogens (tertiary/aromatic N) is 2. The summed E-state index contributed by atoms with van der Waals surface area (Å²) in [6.07, 6.45) is 0. The lowest BCUT2D eigenvalue weighted by Gasteiger charge is -2.07. The van der Waals surface area contributed by atoms with Crippen LogP contribution in [0.15, 0.2) is 22.7 Å². The number of halogens is 3. The van der Waals surface area contributed by atoms with Crippen molar-refractivity contribution in [2.45, 2.75) is 13.8 Å². The Balaban J connectivity index is 2.64. The molecule has 0 spiro atoms. The van der Waals surface area contributed by atoms with E-state index in [0.717, 1.165) is 21.3 Å². The summed E-state index contributed by atoms with van der Waals surface area (Å²) in [4.78, 5) is 8.69. The van der Waals surface area contributed by atoms with E-state index in [9.17, 15) is 0 Å². The van der Waals surface area contributed by atoms with E-state index >= 15 is 0 Å². The fourth-order valence-corrected chi connectivity index (χ4v) is 2.20. The molecular formula is C12H9BrCl2N2. The molecule has 17 heavy (non-hydrogen) atoms. The summed E-state index contributed by atoms with van der Waals surface area (Å²) in [7, 11) is 0. The molecule has 0 bridgehead atoms. The van der Waals surface area contributed by atoms with Gasteiger partial charge in [-0.15, -0.1) is 0 Å². The minimum absolute atomic E-state index is 0.472. The molecular weight excluding hydrogens is 323 g/mol. The summed E-state index contributed by atoms with van der Waals surface area (Å²) < 4.78 is 0.890. The molecule has 0 radical (unpaired) electrons. The number of aryl methyl sites for hydroxylation is 1. The maximum Gasteiger partial charge on any atom is 0.162 e. The minimum Gasteiger partial charge on any atom is -0.233 e. The monoisotopic (exact) mass is 330 g/mol. The second kappa shape index (κ2) is 4.92. The van der Waals surface area contributed by atoms with E-state index in [0.29, 0.717) is 16.0 Å². The molecule has 0 aliphatic heterocycles. The van der Waals surface area contributed by atoms with Crippen molar-refractivity contribution in [1.29, 1.82) is 0 Å². The van der Waals surface area contributed by atoms with Gasteiger partial charge < -0.3 is 0 Å². The largest absolute Gasteiger partial charge is 0.233 e. The van der Waals surface area contributed by atoms with Crippen LogP contribution in [0.2, 0.25) is 10.2 Å². The average molecular weight is 332 g/mol. The first-order valence-electron chi connectivity index (χ1n) is 4.95. The zero-order chi connectivity index (χ0) is 12.6. The zero-order valence-corrected chi connectivity index (χ0v) is 12.4. The van der Waals surface area contributed by atoms with Crippen LogP contribution >= 0.6 is 39.1 Å². The normalized spacial score (nSPS) is 10.6. The highest BCUT2D eigenvalue weighted by molar-refractivity contribution is 9.10. The molecule has 0 amide bonds. The van der Waals surface area contributed by atoms with Gasteiger partial charge in [0.25, 0.3) is 0 Å². The van der Waals surface area contributed by atoms with Gasteiger partial charge in [-0.3, -0.25) is 0 Å². The van der Waals surface area contributed by atoms with E-state index in [2.05, 4.69) is 25.9 Å². The maximum absolute atomic E-state index is 6.06. The SMILES string of the molecule is Cc1nc(-c2cc(Cl)ccc2Br)nc(Cl)c1C. The maximum atomic E-state index is 6.06. The quantitative estimate of drug-likeness (QED) is 0.699. The summed E-state index contributed by atoms with van der Waals surface area (Å²) in [6.45, 7) is 3.80. The van der Waals surface area contributed by atoms with Crippen LogP contribution in [0.4, 0.5) is 0 Å². The number of hydrogen-bond donors (Lipinski definition) is 0. The molecule has 1 heterocycles. The third-order valence-electron chi connectivity index (χ3n) is 2.50. The van der Waals surface area contributed by atoms with Crippen molar-refractivity contribution >= 4 is 39.1 Å². The second-order valence-electron chi connectivity index (χ2n) is 3.67. The van der Waals surface area contributed by atoms with Gasteiger partial charge in [-0.1, -0.05) is 39.1 Å². The van der Waals surface area contributed by atoms with E-state index in [1.807, 2.05) is 26.0 Å². The number of aromatic nitrogens is 2. The molecule has 88 valence electrons. The Hall–Kier alpha value is -0.640. The molecule has 2 aromatic rings. The number of hydrogen-bond acceptors (Lipinski definition) is 2. The van der Waals surface area contributed by atoms with Gasteiger partial charge in [0.1, 0.15) is 5.15 Å². The van der Waals surface area contributed by atoms with Crippen LogP contribution in [0, 0.1) is 13.8 Å². The minimum atomic E-state index is 0.472. The molecule has 0 aliphatic carbocycles. The Labute approximate surface area is 118 Å². The standard InChI is InChI=1S/C12H9BrCl2N2/c1-6-7(2)16-12(17-11(6)15)9-5-8(14)3-4-10(9)13/h3-5H,1-2H3. The lowest BCUT2D eigenvalue weighted by Crippen LogP contribution is -1.97. The number of rotatable bonds is 1. The Morgan fingerprint density at radius 3 is 2.47 bits per heavy atom. The van der Waals surface area contributed by atoms with Crippen molar-refractivity contribution < 1.29 is 0 Å². The van der Waals surface area contributed by atoms with Gasteiger partial charge in [-0.25, -0.2) is 9.97 Å². The van der Waals surface area contributed by atoms with Crippen LogP contribution in [0.25, 0.3) is 11.4 Å². The van der Waals surface area contributed by atoms with Gasteiger partial charge in [0, 0.05) is 26.3 Å². The van der Waals surface area contributed by atoms with Crippen LogP contribution in [-0.2, 0) is 0 Å². The zero-order valence-electron chi connectivity index (χ0n) is 9.26. The molecule has 0 fully saturated rings. The first-order valence-corrected chi connectivity index (χ1v) is 6.50. The topological polar surface area (TPSA) is 25.8 Å². The smallest absolute Gasteiger partial charge is 0.162 e. The van der Waals surface area contributed by atoms with Gasteiger partial charge in [-0.2, -0.15) is 0 Å². The van der Waals surface area contributed by atoms with Crippen molar-refractivity contribution in [2.75, 3.05) is 0 Å². The van der Waals surface area contributed by atoms with Crippen molar-refractivity contribution in [3.8, 4) is 11.4 Å². The number of benzene rings is 1. The Morgan fingerprint density at radius 2 is 1.82 bits per heavy atom. The molecule has 0 aliphatic rings. The molecule has 0 saturated heterocycles. The molecule has 2 nitrogen and oxygen atoms in total. The van der Waals surface area contributed by atoms with E-state index in [1.165, 1.54) is 0 Å². The van der Waals surface area contributed by atoms with E-state index in [-0.39, 0.29) is 0 Å². The van der Waals surface area contributed by atoms with Crippen LogP contribution < -0.4 is 0 Å². The van der Waals surface area contributed by atoms with Gasteiger partial charge in [0.05, 0.1) is 0 Å². The van der Waals surface area contributed by atoms with Crippen molar-refractivity contribution in [3.63, 3.8) is 0 Å². The van der Waals surface area contributed by atoms with Crippen LogP contribution in [-0.4, -0.2) is 9.97 Å². The van der Waals surface area contributed by atoms with Gasteiger partial charge in [0.15, 0.2) is 5.82 Å². The highest BCUT2D eigenvalue weighted by Crippen LogP contribution is 2.30. The summed E-state index contributed by atoms with van der Waals surface area (Å²) in [5.74, 6) is 0.576. The second-order valence-corrected chi connectivity index (χ2v) is 5.32. The van der Waals surface area contributed by atoms with E-state index in [4.69, 9.17) is 23.2 Å². The highest BCUT2D eigenvalue weighted by atomic mass is 79.9. The molecule has 1 aromatic carbocycles. The lowest BCUT2D eigenvalue weighted by molar-refractivity contribution is 1.07. The summed E-state index contributed by atoms with van der Waals surface area (Å²) in [6, 6.07) is 5.48. The summed E-state index contributed by atoms with van der Waals surface area (Å²) >= 11 is 15.5. The molecule has 5 heteroatoms. The third-order valence-corrected chi connectivity index (χ3v) is 3.79. The van der Waals surface area contributed by atoms with Crippen LogP contribution in [0.3, 0.4) is 0 Å². The predicted molar refractivity (Wildman–Crippen MR) is 74.7 cm³/mol. The molecule has 2 rings (SSSR count). The Morgan fingerprint density at radius 1 is 1.12 bits per heavy atom. The van der Waals surface area contributed by atoms with E-state index < -0.39 is 0 Å².